The fraction of sp³-hybridized carbons (Fsp3) is 0.692. The molecule has 1 aromatic heterocycles. The van der Waals surface area contributed by atoms with Crippen molar-refractivity contribution in [2.24, 2.45) is 33.7 Å². The van der Waals surface area contributed by atoms with Crippen molar-refractivity contribution in [3.63, 3.8) is 0 Å². The third-order valence-electron chi connectivity index (χ3n) is 9.34. The van der Waals surface area contributed by atoms with Gasteiger partial charge in [-0.3, -0.25) is 4.79 Å². The first-order valence-electron chi connectivity index (χ1n) is 12.3. The fourth-order valence-corrected chi connectivity index (χ4v) is 7.44. The summed E-state index contributed by atoms with van der Waals surface area (Å²) < 4.78 is 5.21. The summed E-state index contributed by atoms with van der Waals surface area (Å²) in [5.74, 6) is 2.63. The van der Waals surface area contributed by atoms with Gasteiger partial charge in [0.2, 0.25) is 0 Å². The van der Waals surface area contributed by atoms with Gasteiger partial charge in [0.15, 0.2) is 6.61 Å². The van der Waals surface area contributed by atoms with Gasteiger partial charge in [-0.25, -0.2) is 0 Å². The maximum Gasteiger partial charge on any atom is 0.261 e. The molecule has 0 unspecified atom stereocenters. The van der Waals surface area contributed by atoms with Crippen molar-refractivity contribution in [2.75, 3.05) is 6.61 Å². The minimum absolute atomic E-state index is 0.0854. The molecule has 0 saturated heterocycles. The summed E-state index contributed by atoms with van der Waals surface area (Å²) in [5.41, 5.74) is 2.83. The molecule has 6 atom stereocenters. The van der Waals surface area contributed by atoms with Crippen LogP contribution in [0.15, 0.2) is 39.6 Å². The van der Waals surface area contributed by atoms with E-state index in [-0.39, 0.29) is 29.4 Å². The summed E-state index contributed by atoms with van der Waals surface area (Å²) in [5, 5.41) is 17.7. The molecular formula is C26H36N2O4. The van der Waals surface area contributed by atoms with Crippen molar-refractivity contribution < 1.29 is 19.2 Å². The van der Waals surface area contributed by atoms with Crippen LogP contribution in [0, 0.1) is 28.6 Å². The maximum absolute atomic E-state index is 12.0. The quantitative estimate of drug-likeness (QED) is 0.656. The molecule has 0 radical (unpaired) electrons. The molecule has 1 aromatic rings. The molecule has 6 heteroatoms. The van der Waals surface area contributed by atoms with Crippen LogP contribution >= 0.6 is 0 Å². The minimum Gasteiger partial charge on any atom is -0.467 e. The van der Waals surface area contributed by atoms with Gasteiger partial charge >= 0.3 is 0 Å². The summed E-state index contributed by atoms with van der Waals surface area (Å²) in [4.78, 5) is 17.4. The number of carbonyl (C=O) groups excluding carboxylic acids is 1. The number of allylic oxidation sites excluding steroid dienone is 2. The van der Waals surface area contributed by atoms with E-state index in [1.807, 2.05) is 6.07 Å². The molecule has 0 aliphatic heterocycles. The number of fused-ring (bicyclic) bond motifs is 5. The van der Waals surface area contributed by atoms with Crippen LogP contribution in [0.4, 0.5) is 0 Å². The Balaban J connectivity index is 1.20. The molecule has 3 saturated carbocycles. The van der Waals surface area contributed by atoms with Crippen molar-refractivity contribution in [2.45, 2.75) is 77.9 Å². The second-order valence-electron chi connectivity index (χ2n) is 10.9. The zero-order valence-electron chi connectivity index (χ0n) is 19.3. The van der Waals surface area contributed by atoms with Crippen LogP contribution in [-0.2, 0) is 16.2 Å². The van der Waals surface area contributed by atoms with Gasteiger partial charge in [0, 0.05) is 0 Å². The van der Waals surface area contributed by atoms with Gasteiger partial charge in [-0.1, -0.05) is 24.6 Å². The van der Waals surface area contributed by atoms with Crippen LogP contribution in [0.5, 0.6) is 0 Å². The first kappa shape index (κ1) is 21.7. The third kappa shape index (κ3) is 3.70. The lowest BCUT2D eigenvalue weighted by atomic mass is 9.47. The second kappa shape index (κ2) is 8.36. The van der Waals surface area contributed by atoms with Crippen LogP contribution < -0.4 is 5.32 Å². The summed E-state index contributed by atoms with van der Waals surface area (Å²) in [6, 6.07) is 3.62. The Kier molecular flexibility index (Phi) is 5.68. The Hall–Kier alpha value is -2.08. The van der Waals surface area contributed by atoms with Crippen LogP contribution in [-0.4, -0.2) is 29.4 Å². The smallest absolute Gasteiger partial charge is 0.261 e. The third-order valence-corrected chi connectivity index (χ3v) is 9.34. The lowest BCUT2D eigenvalue weighted by Crippen LogP contribution is -2.51. The number of aliphatic hydroxyl groups excluding tert-OH is 1. The van der Waals surface area contributed by atoms with Gasteiger partial charge in [-0.15, -0.1) is 0 Å². The summed E-state index contributed by atoms with van der Waals surface area (Å²) >= 11 is 0. The number of nitrogens with one attached hydrogen (secondary N) is 1. The van der Waals surface area contributed by atoms with E-state index in [4.69, 9.17) is 9.25 Å². The van der Waals surface area contributed by atoms with Crippen molar-refractivity contribution >= 4 is 11.6 Å². The zero-order chi connectivity index (χ0) is 22.3. The highest BCUT2D eigenvalue weighted by Gasteiger charge is 2.58. The fourth-order valence-electron chi connectivity index (χ4n) is 7.44. The van der Waals surface area contributed by atoms with E-state index in [0.29, 0.717) is 24.1 Å². The molecule has 2 N–H and O–H groups in total. The lowest BCUT2D eigenvalue weighted by Gasteiger charge is -2.57. The molecule has 0 spiro atoms. The predicted octanol–water partition coefficient (Wildman–Crippen LogP) is 4.59. The minimum atomic E-state index is -0.205. The Labute approximate surface area is 190 Å². The first-order valence-corrected chi connectivity index (χ1v) is 12.3. The largest absolute Gasteiger partial charge is 0.467 e. The molecule has 1 amide bonds. The van der Waals surface area contributed by atoms with E-state index in [1.54, 1.807) is 12.3 Å². The average molecular weight is 441 g/mol. The molecule has 0 aromatic carbocycles. The summed E-state index contributed by atoms with van der Waals surface area (Å²) in [6.45, 7) is 5.07. The van der Waals surface area contributed by atoms with E-state index in [1.165, 1.54) is 24.8 Å². The number of rotatable bonds is 5. The van der Waals surface area contributed by atoms with Crippen molar-refractivity contribution in [1.82, 2.24) is 5.32 Å². The van der Waals surface area contributed by atoms with Crippen molar-refractivity contribution in [1.29, 1.82) is 0 Å². The van der Waals surface area contributed by atoms with E-state index in [9.17, 15) is 9.90 Å². The number of amides is 1. The van der Waals surface area contributed by atoms with E-state index in [2.05, 4.69) is 30.4 Å². The standard InChI is InChI=1S/C26H36N2O4/c1-25-11-9-18(28-32-16-24(30)27-15-19-4-3-13-31-19)14-17(25)5-6-20-21-7-8-23(29)26(21,2)12-10-22(20)25/h3-4,13-14,20-23,29H,5-12,15-16H2,1-2H3,(H,27,30)/t20-,21-,22-,23+,25-,26-/m0/s1. The van der Waals surface area contributed by atoms with Gasteiger partial charge in [0.05, 0.1) is 24.6 Å². The summed E-state index contributed by atoms with van der Waals surface area (Å²) in [6.07, 6.45) is 12.6. The van der Waals surface area contributed by atoms with Crippen molar-refractivity contribution in [3.8, 4) is 0 Å². The van der Waals surface area contributed by atoms with Crippen molar-refractivity contribution in [3.05, 3.63) is 35.8 Å². The molecule has 4 aliphatic rings. The van der Waals surface area contributed by atoms with E-state index in [0.717, 1.165) is 43.7 Å². The Morgan fingerprint density at radius 3 is 2.91 bits per heavy atom. The number of hydrogen-bond donors (Lipinski definition) is 2. The second-order valence-corrected chi connectivity index (χ2v) is 10.9. The SMILES string of the molecule is C[C@]12CC[C@H]3[C@@H](CCC4=CC(=NOCC(=O)NCc5ccco5)CC[C@@]43C)[C@@H]1CC[C@H]2O. The first-order chi connectivity index (χ1) is 15.4. The number of oxime groups is 1. The average Bonchev–Trinajstić information content (AvgIpc) is 3.40. The molecule has 0 bridgehead atoms. The topological polar surface area (TPSA) is 84.1 Å². The van der Waals surface area contributed by atoms with E-state index >= 15 is 0 Å². The van der Waals surface area contributed by atoms with Gasteiger partial charge in [0.1, 0.15) is 5.76 Å². The van der Waals surface area contributed by atoms with Gasteiger partial charge in [-0.2, -0.15) is 0 Å². The molecule has 32 heavy (non-hydrogen) atoms. The molecule has 3 fully saturated rings. The maximum atomic E-state index is 12.0. The molecule has 5 rings (SSSR count). The number of aliphatic hydroxyl groups is 1. The molecule has 6 nitrogen and oxygen atoms in total. The highest BCUT2D eigenvalue weighted by atomic mass is 16.6. The predicted molar refractivity (Wildman–Crippen MR) is 122 cm³/mol. The zero-order valence-corrected chi connectivity index (χ0v) is 19.3. The monoisotopic (exact) mass is 440 g/mol. The number of nitrogens with zero attached hydrogens (tertiary/aromatic N) is 1. The van der Waals surface area contributed by atoms with Crippen LogP contribution in [0.3, 0.4) is 0 Å². The Morgan fingerprint density at radius 1 is 1.22 bits per heavy atom. The Bertz CT molecular complexity index is 907. The van der Waals surface area contributed by atoms with Gasteiger partial charge in [0.25, 0.3) is 5.91 Å². The van der Waals surface area contributed by atoms with Gasteiger partial charge < -0.3 is 19.7 Å². The van der Waals surface area contributed by atoms with Crippen LogP contribution in [0.2, 0.25) is 0 Å². The highest BCUT2D eigenvalue weighted by Crippen LogP contribution is 2.65. The molecular weight excluding hydrogens is 404 g/mol. The van der Waals surface area contributed by atoms with Crippen LogP contribution in [0.25, 0.3) is 0 Å². The summed E-state index contributed by atoms with van der Waals surface area (Å²) in [7, 11) is 0. The van der Waals surface area contributed by atoms with Gasteiger partial charge in [-0.05, 0) is 98.2 Å². The highest BCUT2D eigenvalue weighted by molar-refractivity contribution is 5.96. The molecule has 1 heterocycles. The molecule has 4 aliphatic carbocycles. The van der Waals surface area contributed by atoms with Crippen LogP contribution in [0.1, 0.15) is 71.0 Å². The Morgan fingerprint density at radius 2 is 2.09 bits per heavy atom. The lowest BCUT2D eigenvalue weighted by molar-refractivity contribution is -0.125. The normalized spacial score (nSPS) is 39.6. The van der Waals surface area contributed by atoms with E-state index < -0.39 is 0 Å². The molecule has 174 valence electrons. The number of carbonyl (C=O) groups is 1. The number of furan rings is 1. The number of hydrogen-bond acceptors (Lipinski definition) is 5.